The molecule has 8 nitrogen and oxygen atoms in total. The summed E-state index contributed by atoms with van der Waals surface area (Å²) < 4.78 is 24.4. The summed E-state index contributed by atoms with van der Waals surface area (Å²) in [7, 11) is 1.55. The van der Waals surface area contributed by atoms with E-state index in [1.54, 1.807) is 41.2 Å². The van der Waals surface area contributed by atoms with Gasteiger partial charge in [-0.2, -0.15) is 0 Å². The van der Waals surface area contributed by atoms with Crippen LogP contribution in [0.2, 0.25) is 0 Å². The van der Waals surface area contributed by atoms with Crippen LogP contribution in [0, 0.1) is 5.82 Å². The highest BCUT2D eigenvalue weighted by atomic mass is 19.1. The molecule has 2 fully saturated rings. The van der Waals surface area contributed by atoms with Crippen LogP contribution in [0.1, 0.15) is 33.6 Å². The second-order valence-electron chi connectivity index (χ2n) is 8.40. The number of nitrogens with one attached hydrogen (secondary N) is 1. The van der Waals surface area contributed by atoms with E-state index in [0.717, 1.165) is 0 Å². The molecule has 180 valence electrons. The number of carbonyl (C=O) groups excluding carboxylic acids is 3. The van der Waals surface area contributed by atoms with Gasteiger partial charge in [0.1, 0.15) is 17.6 Å². The average Bonchev–Trinajstić information content (AvgIpc) is 3.23. The van der Waals surface area contributed by atoms with E-state index in [0.29, 0.717) is 50.2 Å². The third-order valence-corrected chi connectivity index (χ3v) is 6.33. The second-order valence-corrected chi connectivity index (χ2v) is 8.40. The van der Waals surface area contributed by atoms with Crippen molar-refractivity contribution in [2.75, 3.05) is 40.0 Å². The molecule has 2 aromatic rings. The Hall–Kier alpha value is -3.30. The predicted octanol–water partition coefficient (Wildman–Crippen LogP) is 2.06. The SMILES string of the molecule is COCCNC(=O)[C@H]1COC2(CCN(C(=O)c3ccc(F)cc3)CC2)N1C(=O)c1ccccc1. The number of piperidine rings is 1. The molecule has 0 aromatic heterocycles. The number of amides is 3. The molecule has 1 spiro atoms. The monoisotopic (exact) mass is 469 g/mol. The van der Waals surface area contributed by atoms with Crippen molar-refractivity contribution >= 4 is 17.7 Å². The van der Waals surface area contributed by atoms with Crippen LogP contribution in [0.15, 0.2) is 54.6 Å². The van der Waals surface area contributed by atoms with Crippen molar-refractivity contribution in [3.05, 3.63) is 71.5 Å². The molecule has 0 unspecified atom stereocenters. The largest absolute Gasteiger partial charge is 0.383 e. The van der Waals surface area contributed by atoms with Crippen molar-refractivity contribution in [3.8, 4) is 0 Å². The number of nitrogens with zero attached hydrogens (tertiary/aromatic N) is 2. The molecule has 1 N–H and O–H groups in total. The number of halogens is 1. The normalized spacial score (nSPS) is 19.3. The Morgan fingerprint density at radius 1 is 1.03 bits per heavy atom. The van der Waals surface area contributed by atoms with E-state index in [1.807, 2.05) is 6.07 Å². The zero-order valence-electron chi connectivity index (χ0n) is 19.0. The summed E-state index contributed by atoms with van der Waals surface area (Å²) in [6.45, 7) is 1.44. The van der Waals surface area contributed by atoms with Crippen LogP contribution in [0.25, 0.3) is 0 Å². The Balaban J connectivity index is 1.53. The van der Waals surface area contributed by atoms with Gasteiger partial charge in [0.2, 0.25) is 5.91 Å². The predicted molar refractivity (Wildman–Crippen MR) is 122 cm³/mol. The Bertz CT molecular complexity index is 1020. The first-order valence-electron chi connectivity index (χ1n) is 11.3. The van der Waals surface area contributed by atoms with E-state index < -0.39 is 17.6 Å². The van der Waals surface area contributed by atoms with Gasteiger partial charge in [-0.1, -0.05) is 18.2 Å². The van der Waals surface area contributed by atoms with E-state index in [-0.39, 0.29) is 24.3 Å². The van der Waals surface area contributed by atoms with Gasteiger partial charge in [0.25, 0.3) is 11.8 Å². The zero-order valence-corrected chi connectivity index (χ0v) is 19.0. The van der Waals surface area contributed by atoms with E-state index >= 15 is 0 Å². The molecule has 0 aliphatic carbocycles. The van der Waals surface area contributed by atoms with Gasteiger partial charge in [0, 0.05) is 50.7 Å². The molecule has 2 aliphatic rings. The van der Waals surface area contributed by atoms with Gasteiger partial charge in [-0.15, -0.1) is 0 Å². The lowest BCUT2D eigenvalue weighted by molar-refractivity contribution is -0.128. The Morgan fingerprint density at radius 2 is 1.68 bits per heavy atom. The number of methoxy groups -OCH3 is 1. The standard InChI is InChI=1S/C25H28FN3O5/c1-33-16-13-27-22(30)21-17-34-25(29(21)24(32)18-5-3-2-4-6-18)11-14-28(15-12-25)23(31)19-7-9-20(26)10-8-19/h2-10,21H,11-17H2,1H3,(H,27,30)/t21-/m1/s1. The van der Waals surface area contributed by atoms with Crippen LogP contribution in [0.5, 0.6) is 0 Å². The van der Waals surface area contributed by atoms with E-state index in [9.17, 15) is 18.8 Å². The number of hydrogen-bond donors (Lipinski definition) is 1. The molecule has 2 heterocycles. The number of carbonyl (C=O) groups is 3. The minimum Gasteiger partial charge on any atom is -0.383 e. The summed E-state index contributed by atoms with van der Waals surface area (Å²) in [6, 6.07) is 13.4. The van der Waals surface area contributed by atoms with Crippen molar-refractivity contribution in [1.29, 1.82) is 0 Å². The fourth-order valence-electron chi connectivity index (χ4n) is 4.52. The van der Waals surface area contributed by atoms with Crippen molar-refractivity contribution in [3.63, 3.8) is 0 Å². The zero-order chi connectivity index (χ0) is 24.1. The van der Waals surface area contributed by atoms with Crippen molar-refractivity contribution < 1.29 is 28.2 Å². The Morgan fingerprint density at radius 3 is 2.32 bits per heavy atom. The highest BCUT2D eigenvalue weighted by Crippen LogP contribution is 2.38. The molecular formula is C25H28FN3O5. The lowest BCUT2D eigenvalue weighted by Gasteiger charge is -2.44. The minimum absolute atomic E-state index is 0.0727. The molecule has 0 bridgehead atoms. The number of hydrogen-bond acceptors (Lipinski definition) is 5. The molecule has 1 atom stereocenters. The number of likely N-dealkylation sites (tertiary alicyclic amines) is 1. The van der Waals surface area contributed by atoms with Crippen LogP contribution >= 0.6 is 0 Å². The highest BCUT2D eigenvalue weighted by Gasteiger charge is 2.54. The third-order valence-electron chi connectivity index (χ3n) is 6.33. The molecule has 2 aromatic carbocycles. The van der Waals surface area contributed by atoms with Gasteiger partial charge in [-0.05, 0) is 36.4 Å². The molecule has 3 amide bonds. The first-order valence-corrected chi connectivity index (χ1v) is 11.3. The molecule has 4 rings (SSSR count). The van der Waals surface area contributed by atoms with E-state index in [4.69, 9.17) is 9.47 Å². The fraction of sp³-hybridized carbons (Fsp3) is 0.400. The van der Waals surface area contributed by atoms with Crippen LogP contribution in [-0.4, -0.2) is 79.2 Å². The van der Waals surface area contributed by atoms with Gasteiger partial charge in [-0.3, -0.25) is 19.3 Å². The van der Waals surface area contributed by atoms with Gasteiger partial charge in [0.15, 0.2) is 0 Å². The second kappa shape index (κ2) is 10.3. The first kappa shape index (κ1) is 23.8. The van der Waals surface area contributed by atoms with Gasteiger partial charge < -0.3 is 19.7 Å². The lowest BCUT2D eigenvalue weighted by atomic mass is 9.96. The fourth-order valence-corrected chi connectivity index (χ4v) is 4.52. The maximum atomic E-state index is 13.6. The average molecular weight is 470 g/mol. The van der Waals surface area contributed by atoms with E-state index in [2.05, 4.69) is 5.32 Å². The first-order chi connectivity index (χ1) is 16.4. The van der Waals surface area contributed by atoms with Gasteiger partial charge in [0.05, 0.1) is 13.2 Å². The number of ether oxygens (including phenoxy) is 2. The third kappa shape index (κ3) is 4.80. The maximum Gasteiger partial charge on any atom is 0.256 e. The Kier molecular flexibility index (Phi) is 7.23. The number of rotatable bonds is 6. The Labute approximate surface area is 197 Å². The molecule has 0 saturated carbocycles. The smallest absolute Gasteiger partial charge is 0.256 e. The summed E-state index contributed by atoms with van der Waals surface area (Å²) in [5, 5.41) is 2.80. The topological polar surface area (TPSA) is 88.2 Å². The molecule has 34 heavy (non-hydrogen) atoms. The summed E-state index contributed by atoms with van der Waals surface area (Å²) in [5.74, 6) is -1.20. The number of benzene rings is 2. The molecule has 2 saturated heterocycles. The lowest BCUT2D eigenvalue weighted by Crippen LogP contribution is -2.60. The highest BCUT2D eigenvalue weighted by molar-refractivity contribution is 5.98. The molecular weight excluding hydrogens is 441 g/mol. The van der Waals surface area contributed by atoms with Crippen LogP contribution in [0.4, 0.5) is 4.39 Å². The summed E-state index contributed by atoms with van der Waals surface area (Å²) in [5.41, 5.74) is -0.125. The van der Waals surface area contributed by atoms with Gasteiger partial charge in [-0.25, -0.2) is 4.39 Å². The van der Waals surface area contributed by atoms with Crippen molar-refractivity contribution in [1.82, 2.24) is 15.1 Å². The summed E-state index contributed by atoms with van der Waals surface area (Å²) in [6.07, 6.45) is 0.723. The van der Waals surface area contributed by atoms with Crippen LogP contribution in [-0.2, 0) is 14.3 Å². The van der Waals surface area contributed by atoms with E-state index in [1.165, 1.54) is 24.3 Å². The molecule has 2 aliphatic heterocycles. The molecule has 9 heteroatoms. The summed E-state index contributed by atoms with van der Waals surface area (Å²) >= 11 is 0. The van der Waals surface area contributed by atoms with Crippen molar-refractivity contribution in [2.45, 2.75) is 24.6 Å². The van der Waals surface area contributed by atoms with Crippen LogP contribution in [0.3, 0.4) is 0 Å². The molecule has 0 radical (unpaired) electrons. The minimum atomic E-state index is -0.990. The quantitative estimate of drug-likeness (QED) is 0.655. The summed E-state index contributed by atoms with van der Waals surface area (Å²) in [4.78, 5) is 42.6. The maximum absolute atomic E-state index is 13.6. The van der Waals surface area contributed by atoms with Gasteiger partial charge >= 0.3 is 0 Å². The van der Waals surface area contributed by atoms with Crippen LogP contribution < -0.4 is 5.32 Å². The van der Waals surface area contributed by atoms with Crippen molar-refractivity contribution in [2.24, 2.45) is 0 Å².